The van der Waals surface area contributed by atoms with Crippen LogP contribution in [0.25, 0.3) is 11.0 Å². The van der Waals surface area contributed by atoms with Crippen LogP contribution in [0.1, 0.15) is 22.2 Å². The lowest BCUT2D eigenvalue weighted by molar-refractivity contribution is -0.117. The van der Waals surface area contributed by atoms with Gasteiger partial charge in [-0.3, -0.25) is 19.5 Å². The Morgan fingerprint density at radius 3 is 2.56 bits per heavy atom. The molecular formula is C25H18N2O5. The molecule has 1 unspecified atom stereocenters. The number of carbonyl (C=O) groups is 2. The molecule has 3 heterocycles. The number of amides is 1. The van der Waals surface area contributed by atoms with Crippen molar-refractivity contribution in [2.24, 2.45) is 0 Å². The second-order valence-electron chi connectivity index (χ2n) is 7.30. The molecule has 2 aromatic heterocycles. The Bertz CT molecular complexity index is 1320. The summed E-state index contributed by atoms with van der Waals surface area (Å²) in [6, 6.07) is 18.2. The number of ether oxygens (including phenoxy) is 1. The Morgan fingerprint density at radius 2 is 1.88 bits per heavy atom. The smallest absolute Gasteiger partial charge is 0.294 e. The molecule has 7 heteroatoms. The molecular weight excluding hydrogens is 408 g/mol. The third kappa shape index (κ3) is 3.11. The molecule has 1 amide bonds. The first-order valence-electron chi connectivity index (χ1n) is 9.92. The van der Waals surface area contributed by atoms with Gasteiger partial charge in [-0.25, -0.2) is 0 Å². The van der Waals surface area contributed by atoms with E-state index in [0.29, 0.717) is 22.6 Å². The van der Waals surface area contributed by atoms with E-state index in [0.717, 1.165) is 5.39 Å². The van der Waals surface area contributed by atoms with Gasteiger partial charge in [0.2, 0.25) is 5.78 Å². The Morgan fingerprint density at radius 1 is 1.09 bits per heavy atom. The molecule has 0 saturated carbocycles. The van der Waals surface area contributed by atoms with E-state index in [2.05, 4.69) is 4.98 Å². The van der Waals surface area contributed by atoms with Crippen LogP contribution in [0.5, 0.6) is 5.75 Å². The topological polar surface area (TPSA) is 92.9 Å². The number of ketones is 1. The standard InChI is InChI=1S/C25H18N2O5/c1-31-18-10-8-17(9-11-18)27-22(16-6-4-12-26-14-16)21(24(29)25(27)30)23(28)20-13-15-5-2-3-7-19(15)32-20/h2-14,22,29H,1H3. The highest BCUT2D eigenvalue weighted by Gasteiger charge is 2.45. The minimum absolute atomic E-state index is 0.0472. The fourth-order valence-corrected chi connectivity index (χ4v) is 3.93. The molecule has 1 N–H and O–H groups in total. The molecule has 32 heavy (non-hydrogen) atoms. The highest BCUT2D eigenvalue weighted by atomic mass is 16.5. The van der Waals surface area contributed by atoms with Gasteiger partial charge in [0.15, 0.2) is 11.5 Å². The number of pyridine rings is 1. The van der Waals surface area contributed by atoms with Crippen LogP contribution in [0.4, 0.5) is 5.69 Å². The summed E-state index contributed by atoms with van der Waals surface area (Å²) < 4.78 is 10.9. The van der Waals surface area contributed by atoms with Crippen LogP contribution < -0.4 is 9.64 Å². The molecule has 0 aliphatic carbocycles. The number of methoxy groups -OCH3 is 1. The van der Waals surface area contributed by atoms with Crippen molar-refractivity contribution >= 4 is 28.3 Å². The van der Waals surface area contributed by atoms with Gasteiger partial charge in [-0.15, -0.1) is 0 Å². The number of aliphatic hydroxyl groups is 1. The van der Waals surface area contributed by atoms with Gasteiger partial charge in [0.05, 0.1) is 18.7 Å². The number of carbonyl (C=O) groups excluding carboxylic acids is 2. The van der Waals surface area contributed by atoms with Crippen molar-refractivity contribution < 1.29 is 23.8 Å². The summed E-state index contributed by atoms with van der Waals surface area (Å²) in [5, 5.41) is 11.6. The zero-order valence-electron chi connectivity index (χ0n) is 17.1. The van der Waals surface area contributed by atoms with E-state index in [1.54, 1.807) is 74.1 Å². The van der Waals surface area contributed by atoms with Gasteiger partial charge in [0.1, 0.15) is 11.3 Å². The third-order valence-corrected chi connectivity index (χ3v) is 5.45. The van der Waals surface area contributed by atoms with Crippen LogP contribution in [0.15, 0.2) is 94.9 Å². The van der Waals surface area contributed by atoms with Crippen LogP contribution in [0.3, 0.4) is 0 Å². The number of fused-ring (bicyclic) bond motifs is 1. The molecule has 0 spiro atoms. The molecule has 7 nitrogen and oxygen atoms in total. The summed E-state index contributed by atoms with van der Waals surface area (Å²) in [6.07, 6.45) is 3.17. The monoisotopic (exact) mass is 426 g/mol. The second-order valence-corrected chi connectivity index (χ2v) is 7.30. The third-order valence-electron chi connectivity index (χ3n) is 5.45. The average Bonchev–Trinajstić information content (AvgIpc) is 3.38. The summed E-state index contributed by atoms with van der Waals surface area (Å²) in [5.41, 5.74) is 1.58. The number of hydrogen-bond acceptors (Lipinski definition) is 6. The number of nitrogens with zero attached hydrogens (tertiary/aromatic N) is 2. The summed E-state index contributed by atoms with van der Waals surface area (Å²) in [6.45, 7) is 0. The molecule has 0 bridgehead atoms. The highest BCUT2D eigenvalue weighted by molar-refractivity contribution is 6.20. The lowest BCUT2D eigenvalue weighted by Crippen LogP contribution is -2.31. The maximum Gasteiger partial charge on any atom is 0.294 e. The lowest BCUT2D eigenvalue weighted by Gasteiger charge is -2.26. The molecule has 0 radical (unpaired) electrons. The second kappa shape index (κ2) is 7.70. The van der Waals surface area contributed by atoms with Gasteiger partial charge < -0.3 is 14.3 Å². The van der Waals surface area contributed by atoms with Gasteiger partial charge in [0.25, 0.3) is 5.91 Å². The number of aromatic nitrogens is 1. The number of hydrogen-bond donors (Lipinski definition) is 1. The van der Waals surface area contributed by atoms with Crippen molar-refractivity contribution in [2.75, 3.05) is 12.0 Å². The molecule has 4 aromatic rings. The Balaban J connectivity index is 1.64. The molecule has 0 saturated heterocycles. The highest BCUT2D eigenvalue weighted by Crippen LogP contribution is 2.42. The van der Waals surface area contributed by atoms with Crippen LogP contribution in [-0.2, 0) is 4.79 Å². The molecule has 1 aliphatic heterocycles. The fraction of sp³-hybridized carbons (Fsp3) is 0.0800. The Kier molecular flexibility index (Phi) is 4.71. The van der Waals surface area contributed by atoms with Crippen molar-refractivity contribution in [1.29, 1.82) is 0 Å². The van der Waals surface area contributed by atoms with Crippen molar-refractivity contribution in [2.45, 2.75) is 6.04 Å². The zero-order chi connectivity index (χ0) is 22.2. The molecule has 1 aliphatic rings. The Hall–Kier alpha value is -4.39. The van der Waals surface area contributed by atoms with Crippen molar-refractivity contribution in [3.63, 3.8) is 0 Å². The number of para-hydroxylation sites is 1. The maximum atomic E-state index is 13.5. The SMILES string of the molecule is COc1ccc(N2C(=O)C(O)=C(C(=O)c3cc4ccccc4o3)C2c2cccnc2)cc1. The summed E-state index contributed by atoms with van der Waals surface area (Å²) in [4.78, 5) is 32.2. The Labute approximate surface area is 183 Å². The van der Waals surface area contributed by atoms with E-state index >= 15 is 0 Å². The number of rotatable bonds is 5. The van der Waals surface area contributed by atoms with Gasteiger partial charge in [-0.05, 0) is 48.0 Å². The molecule has 2 aromatic carbocycles. The first-order valence-corrected chi connectivity index (χ1v) is 9.92. The zero-order valence-corrected chi connectivity index (χ0v) is 17.1. The molecule has 0 fully saturated rings. The first-order chi connectivity index (χ1) is 15.6. The van der Waals surface area contributed by atoms with Crippen LogP contribution in [-0.4, -0.2) is 28.9 Å². The van der Waals surface area contributed by atoms with Crippen LogP contribution in [0, 0.1) is 0 Å². The van der Waals surface area contributed by atoms with Crippen molar-refractivity contribution in [3.05, 3.63) is 102 Å². The predicted octanol–water partition coefficient (Wildman–Crippen LogP) is 4.62. The number of benzene rings is 2. The van der Waals surface area contributed by atoms with E-state index in [-0.39, 0.29) is 11.3 Å². The number of Topliss-reactive ketones (excluding diaryl/α,β-unsaturated/α-hetero) is 1. The number of aliphatic hydroxyl groups excluding tert-OH is 1. The van der Waals surface area contributed by atoms with Crippen molar-refractivity contribution in [3.8, 4) is 5.75 Å². The van der Waals surface area contributed by atoms with Gasteiger partial charge in [0, 0.05) is 23.5 Å². The van der Waals surface area contributed by atoms with E-state index in [1.165, 1.54) is 4.90 Å². The number of anilines is 1. The molecule has 1 atom stereocenters. The van der Waals surface area contributed by atoms with Crippen LogP contribution in [0.2, 0.25) is 0 Å². The van der Waals surface area contributed by atoms with Crippen molar-refractivity contribution in [1.82, 2.24) is 4.98 Å². The van der Waals surface area contributed by atoms with Crippen LogP contribution >= 0.6 is 0 Å². The number of furan rings is 1. The van der Waals surface area contributed by atoms with Gasteiger partial charge in [-0.2, -0.15) is 0 Å². The van der Waals surface area contributed by atoms with Gasteiger partial charge >= 0.3 is 0 Å². The maximum absolute atomic E-state index is 13.5. The summed E-state index contributed by atoms with van der Waals surface area (Å²) >= 11 is 0. The molecule has 158 valence electrons. The summed E-state index contributed by atoms with van der Waals surface area (Å²) in [7, 11) is 1.55. The molecule has 5 rings (SSSR count). The van der Waals surface area contributed by atoms with E-state index in [9.17, 15) is 14.7 Å². The first kappa shape index (κ1) is 19.6. The van der Waals surface area contributed by atoms with Gasteiger partial charge in [-0.1, -0.05) is 24.3 Å². The minimum Gasteiger partial charge on any atom is -0.503 e. The average molecular weight is 426 g/mol. The predicted molar refractivity (Wildman–Crippen MR) is 118 cm³/mol. The van der Waals surface area contributed by atoms with E-state index < -0.39 is 23.5 Å². The minimum atomic E-state index is -0.870. The fourth-order valence-electron chi connectivity index (χ4n) is 3.93. The normalized spacial score (nSPS) is 16.1. The lowest BCUT2D eigenvalue weighted by atomic mass is 9.96. The van der Waals surface area contributed by atoms with E-state index in [1.807, 2.05) is 12.1 Å². The quantitative estimate of drug-likeness (QED) is 0.468. The van der Waals surface area contributed by atoms with E-state index in [4.69, 9.17) is 9.15 Å². The summed E-state index contributed by atoms with van der Waals surface area (Å²) in [5.74, 6) is -1.18. The largest absolute Gasteiger partial charge is 0.503 e.